The normalized spacial score (nSPS) is 19.1. The molecule has 1 aliphatic rings. The van der Waals surface area contributed by atoms with Crippen LogP contribution in [0.25, 0.3) is 0 Å². The van der Waals surface area contributed by atoms with E-state index in [2.05, 4.69) is 56.5 Å². The van der Waals surface area contributed by atoms with Crippen molar-refractivity contribution in [3.05, 3.63) is 64.5 Å². The quantitative estimate of drug-likeness (QED) is 0.916. The molecule has 1 heterocycles. The second-order valence-electron chi connectivity index (χ2n) is 6.10. The average Bonchev–Trinajstić information content (AvgIpc) is 2.52. The third-order valence-electron chi connectivity index (χ3n) is 4.93. The Morgan fingerprint density at radius 1 is 1.19 bits per heavy atom. The fourth-order valence-electron chi connectivity index (χ4n) is 3.65. The standard InChI is InChI=1S/C19H24N2/c1-13-7-4-10-16(14(13)2)19(20-3)17-11-5-8-15-9-6-12-21-18(15)17/h4,6-7,9-10,12,17,19-20H,5,8,11H2,1-3H3. The zero-order valence-corrected chi connectivity index (χ0v) is 13.2. The number of rotatable bonds is 3. The molecule has 3 rings (SSSR count). The van der Waals surface area contributed by atoms with Crippen LogP contribution in [0, 0.1) is 13.8 Å². The molecule has 2 atom stereocenters. The van der Waals surface area contributed by atoms with Gasteiger partial charge in [-0.3, -0.25) is 4.98 Å². The van der Waals surface area contributed by atoms with Crippen LogP contribution in [0.3, 0.4) is 0 Å². The van der Waals surface area contributed by atoms with Gasteiger partial charge in [0.1, 0.15) is 0 Å². The van der Waals surface area contributed by atoms with E-state index in [-0.39, 0.29) is 0 Å². The van der Waals surface area contributed by atoms with E-state index >= 15 is 0 Å². The Morgan fingerprint density at radius 3 is 2.86 bits per heavy atom. The molecule has 1 aliphatic carbocycles. The summed E-state index contributed by atoms with van der Waals surface area (Å²) in [6.45, 7) is 4.43. The number of hydrogen-bond donors (Lipinski definition) is 1. The van der Waals surface area contributed by atoms with Gasteiger partial charge in [0.2, 0.25) is 0 Å². The molecule has 0 bridgehead atoms. The van der Waals surface area contributed by atoms with Crippen LogP contribution in [0.1, 0.15) is 52.7 Å². The summed E-state index contributed by atoms with van der Waals surface area (Å²) in [5.74, 6) is 0.473. The minimum absolute atomic E-state index is 0.346. The molecule has 1 aromatic heterocycles. The van der Waals surface area contributed by atoms with Crippen LogP contribution in [0.5, 0.6) is 0 Å². The lowest BCUT2D eigenvalue weighted by Gasteiger charge is -2.32. The van der Waals surface area contributed by atoms with Crippen LogP contribution in [-0.2, 0) is 6.42 Å². The van der Waals surface area contributed by atoms with Gasteiger partial charge < -0.3 is 5.32 Å². The maximum Gasteiger partial charge on any atom is 0.0485 e. The van der Waals surface area contributed by atoms with E-state index in [9.17, 15) is 0 Å². The van der Waals surface area contributed by atoms with Crippen LogP contribution in [0.15, 0.2) is 36.5 Å². The number of hydrogen-bond acceptors (Lipinski definition) is 2. The number of fused-ring (bicyclic) bond motifs is 1. The van der Waals surface area contributed by atoms with E-state index in [1.807, 2.05) is 6.20 Å². The predicted octanol–water partition coefficient (Wildman–Crippen LogP) is 4.08. The molecule has 2 nitrogen and oxygen atoms in total. The van der Waals surface area contributed by atoms with Crippen molar-refractivity contribution in [2.75, 3.05) is 7.05 Å². The number of aromatic nitrogens is 1. The van der Waals surface area contributed by atoms with Gasteiger partial charge in [-0.05, 0) is 68.5 Å². The molecule has 110 valence electrons. The summed E-state index contributed by atoms with van der Waals surface area (Å²) in [5, 5.41) is 3.56. The van der Waals surface area contributed by atoms with Gasteiger partial charge in [-0.15, -0.1) is 0 Å². The molecule has 1 aromatic carbocycles. The smallest absolute Gasteiger partial charge is 0.0485 e. The molecular formula is C19H24N2. The van der Waals surface area contributed by atoms with Gasteiger partial charge in [-0.1, -0.05) is 24.3 Å². The fourth-order valence-corrected chi connectivity index (χ4v) is 3.65. The lowest BCUT2D eigenvalue weighted by molar-refractivity contribution is 0.414. The lowest BCUT2D eigenvalue weighted by atomic mass is 9.78. The number of pyridine rings is 1. The van der Waals surface area contributed by atoms with E-state index in [4.69, 9.17) is 4.98 Å². The van der Waals surface area contributed by atoms with Crippen molar-refractivity contribution in [1.82, 2.24) is 10.3 Å². The summed E-state index contributed by atoms with van der Waals surface area (Å²) in [5.41, 5.74) is 6.91. The number of likely N-dealkylation sites (N-methyl/N-ethyl adjacent to an activating group) is 1. The van der Waals surface area contributed by atoms with Gasteiger partial charge in [0.15, 0.2) is 0 Å². The van der Waals surface area contributed by atoms with Crippen LogP contribution in [0.2, 0.25) is 0 Å². The highest BCUT2D eigenvalue weighted by Crippen LogP contribution is 2.40. The van der Waals surface area contributed by atoms with Crippen molar-refractivity contribution < 1.29 is 0 Å². The maximum absolute atomic E-state index is 4.71. The van der Waals surface area contributed by atoms with Crippen molar-refractivity contribution in [2.45, 2.75) is 45.1 Å². The van der Waals surface area contributed by atoms with Crippen molar-refractivity contribution in [3.63, 3.8) is 0 Å². The van der Waals surface area contributed by atoms with Crippen LogP contribution >= 0.6 is 0 Å². The summed E-state index contributed by atoms with van der Waals surface area (Å²) in [7, 11) is 2.07. The van der Waals surface area contributed by atoms with E-state index in [1.54, 1.807) is 0 Å². The molecule has 0 amide bonds. The SMILES string of the molecule is CNC(c1cccc(C)c1C)C1CCCc2cccnc21. The van der Waals surface area contributed by atoms with Gasteiger partial charge in [-0.25, -0.2) is 0 Å². The molecule has 0 saturated carbocycles. The summed E-state index contributed by atoms with van der Waals surface area (Å²) >= 11 is 0. The van der Waals surface area contributed by atoms with Crippen LogP contribution in [0.4, 0.5) is 0 Å². The molecule has 0 saturated heterocycles. The zero-order chi connectivity index (χ0) is 14.8. The molecule has 2 heteroatoms. The summed E-state index contributed by atoms with van der Waals surface area (Å²) in [6, 6.07) is 11.3. The Hall–Kier alpha value is -1.67. The molecule has 0 fully saturated rings. The molecule has 0 radical (unpaired) electrons. The first-order valence-electron chi connectivity index (χ1n) is 7.89. The second-order valence-corrected chi connectivity index (χ2v) is 6.10. The maximum atomic E-state index is 4.71. The van der Waals surface area contributed by atoms with Crippen LogP contribution < -0.4 is 5.32 Å². The van der Waals surface area contributed by atoms with Gasteiger partial charge in [-0.2, -0.15) is 0 Å². The van der Waals surface area contributed by atoms with Gasteiger partial charge in [0.05, 0.1) is 0 Å². The average molecular weight is 280 g/mol. The second kappa shape index (κ2) is 5.98. The summed E-state index contributed by atoms with van der Waals surface area (Å²) in [4.78, 5) is 4.71. The Labute approximate surface area is 127 Å². The molecule has 2 aromatic rings. The lowest BCUT2D eigenvalue weighted by Crippen LogP contribution is -2.28. The van der Waals surface area contributed by atoms with E-state index in [0.29, 0.717) is 12.0 Å². The molecule has 2 unspecified atom stereocenters. The minimum Gasteiger partial charge on any atom is -0.312 e. The number of benzene rings is 1. The number of nitrogens with one attached hydrogen (secondary N) is 1. The Bertz CT molecular complexity index is 633. The third-order valence-corrected chi connectivity index (χ3v) is 4.93. The number of aryl methyl sites for hydroxylation is 2. The Kier molecular flexibility index (Phi) is 4.07. The first kappa shape index (κ1) is 14.3. The third kappa shape index (κ3) is 2.60. The van der Waals surface area contributed by atoms with Crippen LogP contribution in [-0.4, -0.2) is 12.0 Å². The highest BCUT2D eigenvalue weighted by Gasteiger charge is 2.30. The van der Waals surface area contributed by atoms with E-state index < -0.39 is 0 Å². The highest BCUT2D eigenvalue weighted by atomic mass is 14.9. The van der Waals surface area contributed by atoms with Gasteiger partial charge in [0, 0.05) is 23.9 Å². The molecular weight excluding hydrogens is 256 g/mol. The van der Waals surface area contributed by atoms with Gasteiger partial charge >= 0.3 is 0 Å². The first-order valence-corrected chi connectivity index (χ1v) is 7.89. The minimum atomic E-state index is 0.346. The van der Waals surface area contributed by atoms with E-state index in [0.717, 1.165) is 0 Å². The monoisotopic (exact) mass is 280 g/mol. The molecule has 21 heavy (non-hydrogen) atoms. The summed E-state index contributed by atoms with van der Waals surface area (Å²) in [6.07, 6.45) is 5.57. The predicted molar refractivity (Wildman–Crippen MR) is 87.6 cm³/mol. The Balaban J connectivity index is 2.04. The molecule has 0 aliphatic heterocycles. The molecule has 0 spiro atoms. The van der Waals surface area contributed by atoms with Crippen molar-refractivity contribution >= 4 is 0 Å². The topological polar surface area (TPSA) is 24.9 Å². The van der Waals surface area contributed by atoms with Crippen molar-refractivity contribution in [1.29, 1.82) is 0 Å². The van der Waals surface area contributed by atoms with Gasteiger partial charge in [0.25, 0.3) is 0 Å². The molecule has 1 N–H and O–H groups in total. The van der Waals surface area contributed by atoms with Crippen molar-refractivity contribution in [3.8, 4) is 0 Å². The summed E-state index contributed by atoms with van der Waals surface area (Å²) < 4.78 is 0. The highest BCUT2D eigenvalue weighted by molar-refractivity contribution is 5.38. The first-order chi connectivity index (χ1) is 10.2. The largest absolute Gasteiger partial charge is 0.312 e. The Morgan fingerprint density at radius 2 is 2.05 bits per heavy atom. The fraction of sp³-hybridized carbons (Fsp3) is 0.421. The zero-order valence-electron chi connectivity index (χ0n) is 13.2. The van der Waals surface area contributed by atoms with E-state index in [1.165, 1.54) is 47.2 Å². The van der Waals surface area contributed by atoms with Crippen molar-refractivity contribution in [2.24, 2.45) is 0 Å². The number of nitrogens with zero attached hydrogens (tertiary/aromatic N) is 1.